The lowest BCUT2D eigenvalue weighted by atomic mass is 9.95. The van der Waals surface area contributed by atoms with Gasteiger partial charge >= 0.3 is 0 Å². The van der Waals surface area contributed by atoms with Gasteiger partial charge in [-0.15, -0.1) is 11.3 Å². The van der Waals surface area contributed by atoms with Gasteiger partial charge < -0.3 is 0 Å². The maximum atomic E-state index is 5.71. The molecule has 0 aliphatic heterocycles. The second kappa shape index (κ2) is 4.64. The monoisotopic (exact) mass is 224 g/mol. The lowest BCUT2D eigenvalue weighted by molar-refractivity contribution is 0.368. The Kier molecular flexibility index (Phi) is 3.44. The molecule has 1 fully saturated rings. The molecule has 3 N–H and O–H groups in total. The molecule has 2 rings (SSSR count). The van der Waals surface area contributed by atoms with Gasteiger partial charge in [-0.3, -0.25) is 11.3 Å². The Morgan fingerprint density at radius 3 is 2.80 bits per heavy atom. The van der Waals surface area contributed by atoms with Crippen molar-refractivity contribution in [3.63, 3.8) is 0 Å². The van der Waals surface area contributed by atoms with Crippen LogP contribution in [-0.4, -0.2) is 0 Å². The summed E-state index contributed by atoms with van der Waals surface area (Å²) in [5.41, 5.74) is 4.40. The van der Waals surface area contributed by atoms with E-state index < -0.39 is 0 Å². The number of aryl methyl sites for hydroxylation is 1. The number of nitrogens with one attached hydrogen (secondary N) is 1. The van der Waals surface area contributed by atoms with Crippen molar-refractivity contribution < 1.29 is 0 Å². The summed E-state index contributed by atoms with van der Waals surface area (Å²) in [6, 6.07) is 2.55. The Balaban J connectivity index is 2.14. The maximum Gasteiger partial charge on any atom is 0.0584 e. The highest BCUT2D eigenvalue weighted by atomic mass is 32.1. The van der Waals surface area contributed by atoms with E-state index in [1.54, 1.807) is 0 Å². The molecule has 0 spiro atoms. The van der Waals surface area contributed by atoms with E-state index in [2.05, 4.69) is 30.7 Å². The molecule has 1 aliphatic carbocycles. The molecule has 0 bridgehead atoms. The zero-order chi connectivity index (χ0) is 10.8. The molecule has 1 aliphatic rings. The number of hydrogen-bond donors (Lipinski definition) is 2. The van der Waals surface area contributed by atoms with E-state index in [-0.39, 0.29) is 0 Å². The molecule has 1 aromatic heterocycles. The predicted molar refractivity (Wildman–Crippen MR) is 65.6 cm³/mol. The Morgan fingerprint density at radius 2 is 2.33 bits per heavy atom. The Hall–Kier alpha value is -0.380. The van der Waals surface area contributed by atoms with Crippen molar-refractivity contribution in [1.82, 2.24) is 5.43 Å². The molecule has 0 amide bonds. The normalized spacial score (nSPS) is 28.2. The third-order valence-corrected chi connectivity index (χ3v) is 4.67. The lowest BCUT2D eigenvalue weighted by Crippen LogP contribution is -2.32. The molecule has 0 saturated heterocycles. The van der Waals surface area contributed by atoms with Crippen LogP contribution >= 0.6 is 11.3 Å². The van der Waals surface area contributed by atoms with Crippen molar-refractivity contribution >= 4 is 11.3 Å². The van der Waals surface area contributed by atoms with Gasteiger partial charge in [-0.05, 0) is 48.6 Å². The van der Waals surface area contributed by atoms with Crippen LogP contribution in [0.3, 0.4) is 0 Å². The smallest absolute Gasteiger partial charge is 0.0584 e. The second-order valence-corrected chi connectivity index (χ2v) is 5.74. The first kappa shape index (κ1) is 11.1. The summed E-state index contributed by atoms with van der Waals surface area (Å²) in [6.45, 7) is 4.52. The first-order valence-electron chi connectivity index (χ1n) is 5.72. The van der Waals surface area contributed by atoms with Crippen molar-refractivity contribution in [2.75, 3.05) is 0 Å². The zero-order valence-electron chi connectivity index (χ0n) is 9.49. The molecular formula is C12H20N2S. The highest BCUT2D eigenvalue weighted by Crippen LogP contribution is 2.40. The average molecular weight is 224 g/mol. The molecule has 1 saturated carbocycles. The summed E-state index contributed by atoms with van der Waals surface area (Å²) >= 11 is 1.83. The van der Waals surface area contributed by atoms with E-state index >= 15 is 0 Å². The minimum absolute atomic E-state index is 0.370. The largest absolute Gasteiger partial charge is 0.271 e. The van der Waals surface area contributed by atoms with Crippen LogP contribution in [0.1, 0.15) is 42.7 Å². The molecular weight excluding hydrogens is 204 g/mol. The summed E-state index contributed by atoms with van der Waals surface area (Å²) in [5.74, 6) is 7.31. The van der Waals surface area contributed by atoms with Crippen molar-refractivity contribution in [2.45, 2.75) is 39.2 Å². The molecule has 1 heterocycles. The topological polar surface area (TPSA) is 38.0 Å². The summed E-state index contributed by atoms with van der Waals surface area (Å²) in [7, 11) is 0. The van der Waals surface area contributed by atoms with Crippen LogP contribution in [0.15, 0.2) is 11.4 Å². The fourth-order valence-corrected chi connectivity index (χ4v) is 3.76. The van der Waals surface area contributed by atoms with Crippen LogP contribution in [0.4, 0.5) is 0 Å². The van der Waals surface area contributed by atoms with Crippen molar-refractivity contribution in [3.8, 4) is 0 Å². The van der Waals surface area contributed by atoms with Crippen LogP contribution in [0.25, 0.3) is 0 Å². The average Bonchev–Trinajstić information content (AvgIpc) is 2.79. The number of rotatable bonds is 3. The van der Waals surface area contributed by atoms with Crippen LogP contribution in [0.2, 0.25) is 0 Å². The van der Waals surface area contributed by atoms with Gasteiger partial charge in [0.15, 0.2) is 0 Å². The van der Waals surface area contributed by atoms with Gasteiger partial charge in [0.2, 0.25) is 0 Å². The molecule has 3 heteroatoms. The third-order valence-electron chi connectivity index (χ3n) is 3.57. The molecule has 3 unspecified atom stereocenters. The standard InChI is InChI=1S/C12H20N2S/c1-8-3-4-10(7-8)11(14-13)12-9(2)5-6-15-12/h5-6,8,10-11,14H,3-4,7,13H2,1-2H3. The number of nitrogens with two attached hydrogens (primary N) is 1. The molecule has 84 valence electrons. The molecule has 1 aromatic rings. The summed E-state index contributed by atoms with van der Waals surface area (Å²) < 4.78 is 0. The predicted octanol–water partition coefficient (Wildman–Crippen LogP) is 3.00. The van der Waals surface area contributed by atoms with E-state index in [1.807, 2.05) is 11.3 Å². The lowest BCUT2D eigenvalue weighted by Gasteiger charge is -2.22. The molecule has 3 atom stereocenters. The van der Waals surface area contributed by atoms with Crippen molar-refractivity contribution in [2.24, 2.45) is 17.7 Å². The highest BCUT2D eigenvalue weighted by molar-refractivity contribution is 7.10. The maximum absolute atomic E-state index is 5.71. The van der Waals surface area contributed by atoms with E-state index in [0.717, 1.165) is 11.8 Å². The van der Waals surface area contributed by atoms with Gasteiger partial charge in [-0.2, -0.15) is 0 Å². The Bertz CT molecular complexity index is 321. The van der Waals surface area contributed by atoms with Gasteiger partial charge in [0.25, 0.3) is 0 Å². The van der Waals surface area contributed by atoms with Gasteiger partial charge in [0.05, 0.1) is 6.04 Å². The fraction of sp³-hybridized carbons (Fsp3) is 0.667. The van der Waals surface area contributed by atoms with Gasteiger partial charge in [-0.1, -0.05) is 13.3 Å². The first-order chi connectivity index (χ1) is 7.22. The quantitative estimate of drug-likeness (QED) is 0.612. The Labute approximate surface area is 95.8 Å². The van der Waals surface area contributed by atoms with Crippen LogP contribution in [0.5, 0.6) is 0 Å². The zero-order valence-corrected chi connectivity index (χ0v) is 10.3. The fourth-order valence-electron chi connectivity index (χ4n) is 2.68. The number of hydrazine groups is 1. The minimum Gasteiger partial charge on any atom is -0.271 e. The van der Waals surface area contributed by atoms with Crippen molar-refractivity contribution in [1.29, 1.82) is 0 Å². The van der Waals surface area contributed by atoms with E-state index in [9.17, 15) is 0 Å². The van der Waals surface area contributed by atoms with Crippen LogP contribution < -0.4 is 11.3 Å². The van der Waals surface area contributed by atoms with Gasteiger partial charge in [0, 0.05) is 4.88 Å². The van der Waals surface area contributed by atoms with Crippen molar-refractivity contribution in [3.05, 3.63) is 21.9 Å². The molecule has 0 radical (unpaired) electrons. The van der Waals surface area contributed by atoms with E-state index in [4.69, 9.17) is 5.84 Å². The minimum atomic E-state index is 0.370. The summed E-state index contributed by atoms with van der Waals surface area (Å²) in [6.07, 6.45) is 3.98. The number of thiophene rings is 1. The first-order valence-corrected chi connectivity index (χ1v) is 6.60. The van der Waals surface area contributed by atoms with Crippen LogP contribution in [0, 0.1) is 18.8 Å². The Morgan fingerprint density at radius 1 is 1.53 bits per heavy atom. The van der Waals surface area contributed by atoms with E-state index in [1.165, 1.54) is 29.7 Å². The van der Waals surface area contributed by atoms with Gasteiger partial charge in [0.1, 0.15) is 0 Å². The second-order valence-electron chi connectivity index (χ2n) is 4.79. The molecule has 15 heavy (non-hydrogen) atoms. The SMILES string of the molecule is Cc1ccsc1C(NN)C1CCC(C)C1. The molecule has 0 aromatic carbocycles. The highest BCUT2D eigenvalue weighted by Gasteiger charge is 2.30. The van der Waals surface area contributed by atoms with Gasteiger partial charge in [-0.25, -0.2) is 0 Å². The summed E-state index contributed by atoms with van der Waals surface area (Å²) in [5, 5.41) is 2.16. The van der Waals surface area contributed by atoms with Crippen LogP contribution in [-0.2, 0) is 0 Å². The third kappa shape index (κ3) is 2.25. The summed E-state index contributed by atoms with van der Waals surface area (Å²) in [4.78, 5) is 1.43. The number of hydrogen-bond acceptors (Lipinski definition) is 3. The van der Waals surface area contributed by atoms with E-state index in [0.29, 0.717) is 6.04 Å². The molecule has 2 nitrogen and oxygen atoms in total.